The molecule has 4 aromatic rings. The third kappa shape index (κ3) is 4.50. The summed E-state index contributed by atoms with van der Waals surface area (Å²) in [4.78, 5) is 18.0. The molecule has 0 spiro atoms. The maximum absolute atomic E-state index is 13.2. The zero-order valence-corrected chi connectivity index (χ0v) is 18.7. The van der Waals surface area contributed by atoms with Crippen LogP contribution in [-0.2, 0) is 16.6 Å². The summed E-state index contributed by atoms with van der Waals surface area (Å²) < 4.78 is 22.8. The molecule has 0 unspecified atom stereocenters. The molecule has 1 heterocycles. The lowest BCUT2D eigenvalue weighted by Crippen LogP contribution is -2.24. The Kier molecular flexibility index (Phi) is 5.97. The predicted octanol–water partition coefficient (Wildman–Crippen LogP) is 4.44. The van der Waals surface area contributed by atoms with Crippen LogP contribution in [0.2, 0.25) is 5.02 Å². The Morgan fingerprint density at radius 2 is 1.66 bits per heavy atom. The van der Waals surface area contributed by atoms with Gasteiger partial charge in [0.2, 0.25) is 10.0 Å². The second-order valence-corrected chi connectivity index (χ2v) is 9.35. The van der Waals surface area contributed by atoms with Gasteiger partial charge >= 0.3 is 0 Å². The van der Waals surface area contributed by atoms with E-state index in [4.69, 9.17) is 21.7 Å². The summed E-state index contributed by atoms with van der Waals surface area (Å²) in [6.07, 6.45) is 0. The zero-order valence-electron chi connectivity index (χ0n) is 17.2. The Labute approximate surface area is 191 Å². The van der Waals surface area contributed by atoms with E-state index < -0.39 is 10.0 Å². The number of amides is 1. The van der Waals surface area contributed by atoms with E-state index in [1.807, 2.05) is 43.3 Å². The summed E-state index contributed by atoms with van der Waals surface area (Å²) in [5.74, 6) is -0.244. The number of para-hydroxylation sites is 1. The number of aromatic nitrogens is 1. The van der Waals surface area contributed by atoms with Crippen molar-refractivity contribution in [2.24, 2.45) is 5.14 Å². The Hall–Kier alpha value is -3.26. The lowest BCUT2D eigenvalue weighted by Gasteiger charge is -2.15. The van der Waals surface area contributed by atoms with Crippen LogP contribution in [0, 0.1) is 6.92 Å². The van der Waals surface area contributed by atoms with Gasteiger partial charge in [-0.25, -0.2) is 18.5 Å². The highest BCUT2D eigenvalue weighted by Gasteiger charge is 2.19. The minimum Gasteiger partial charge on any atom is -0.348 e. The molecule has 0 atom stereocenters. The van der Waals surface area contributed by atoms with Crippen LogP contribution in [-0.4, -0.2) is 19.3 Å². The molecule has 6 nitrogen and oxygen atoms in total. The molecular formula is C24H20ClN3O3S. The third-order valence-corrected chi connectivity index (χ3v) is 6.37. The molecule has 3 N–H and O–H groups in total. The van der Waals surface area contributed by atoms with Gasteiger partial charge in [-0.1, -0.05) is 54.1 Å². The van der Waals surface area contributed by atoms with Crippen LogP contribution in [0.5, 0.6) is 0 Å². The number of halogens is 1. The van der Waals surface area contributed by atoms with Gasteiger partial charge in [-0.15, -0.1) is 0 Å². The highest BCUT2D eigenvalue weighted by Crippen LogP contribution is 2.30. The maximum atomic E-state index is 13.2. The fraction of sp³-hybridized carbons (Fsp3) is 0.0833. The quantitative estimate of drug-likeness (QED) is 0.454. The lowest BCUT2D eigenvalue weighted by atomic mass is 9.97. The van der Waals surface area contributed by atoms with E-state index in [9.17, 15) is 13.2 Å². The first kappa shape index (κ1) is 22.0. The second-order valence-electron chi connectivity index (χ2n) is 7.36. The van der Waals surface area contributed by atoms with Gasteiger partial charge in [0.1, 0.15) is 0 Å². The van der Waals surface area contributed by atoms with Gasteiger partial charge in [-0.2, -0.15) is 0 Å². The van der Waals surface area contributed by atoms with Gasteiger partial charge in [-0.05, 0) is 48.4 Å². The first-order valence-corrected chi connectivity index (χ1v) is 11.7. The Bertz CT molecular complexity index is 1420. The smallest absolute Gasteiger partial charge is 0.252 e. The number of primary sulfonamides is 1. The lowest BCUT2D eigenvalue weighted by molar-refractivity contribution is 0.0952. The topological polar surface area (TPSA) is 102 Å². The van der Waals surface area contributed by atoms with Crippen LogP contribution in [0.3, 0.4) is 0 Å². The Morgan fingerprint density at radius 1 is 1.00 bits per heavy atom. The SMILES string of the molecule is Cc1c(-c2ccc(Cl)cc2)nc2ccccc2c1C(=O)NCc1ccc(S(N)(=O)=O)cc1. The molecule has 4 rings (SSSR count). The van der Waals surface area contributed by atoms with Gasteiger partial charge in [-0.3, -0.25) is 4.79 Å². The van der Waals surface area contributed by atoms with Crippen molar-refractivity contribution in [1.82, 2.24) is 10.3 Å². The van der Waals surface area contributed by atoms with E-state index in [1.54, 1.807) is 24.3 Å². The molecule has 1 amide bonds. The van der Waals surface area contributed by atoms with E-state index in [-0.39, 0.29) is 17.3 Å². The monoisotopic (exact) mass is 465 g/mol. The number of rotatable bonds is 5. The summed E-state index contributed by atoms with van der Waals surface area (Å²) in [7, 11) is -3.76. The Balaban J connectivity index is 1.69. The molecule has 0 saturated heterocycles. The molecule has 0 saturated carbocycles. The number of fused-ring (bicyclic) bond motifs is 1. The number of pyridine rings is 1. The number of nitrogens with two attached hydrogens (primary N) is 1. The maximum Gasteiger partial charge on any atom is 0.252 e. The number of hydrogen-bond acceptors (Lipinski definition) is 4. The largest absolute Gasteiger partial charge is 0.348 e. The van der Waals surface area contributed by atoms with Crippen LogP contribution < -0.4 is 10.5 Å². The number of nitrogens with zero attached hydrogens (tertiary/aromatic N) is 1. The normalized spacial score (nSPS) is 11.5. The van der Waals surface area contributed by atoms with Crippen LogP contribution in [0.15, 0.2) is 77.7 Å². The van der Waals surface area contributed by atoms with Crippen molar-refractivity contribution in [3.8, 4) is 11.3 Å². The van der Waals surface area contributed by atoms with Crippen molar-refractivity contribution < 1.29 is 13.2 Å². The number of nitrogens with one attached hydrogen (secondary N) is 1. The van der Waals surface area contributed by atoms with Gasteiger partial charge in [0, 0.05) is 22.5 Å². The van der Waals surface area contributed by atoms with Crippen LogP contribution >= 0.6 is 11.6 Å². The second kappa shape index (κ2) is 8.70. The number of carbonyl (C=O) groups excluding carboxylic acids is 1. The highest BCUT2D eigenvalue weighted by atomic mass is 35.5. The molecule has 0 aliphatic carbocycles. The van der Waals surface area contributed by atoms with E-state index in [1.165, 1.54) is 12.1 Å². The standard InChI is InChI=1S/C24H20ClN3O3S/c1-15-22(24(29)27-14-16-6-12-19(13-7-16)32(26,30)31)20-4-2-3-5-21(20)28-23(15)17-8-10-18(25)11-9-17/h2-13H,14H2,1H3,(H,27,29)(H2,26,30,31). The molecular weight excluding hydrogens is 446 g/mol. The number of sulfonamides is 1. The molecule has 0 fully saturated rings. The highest BCUT2D eigenvalue weighted by molar-refractivity contribution is 7.89. The summed E-state index contributed by atoms with van der Waals surface area (Å²) in [5.41, 5.74) is 4.34. The van der Waals surface area contributed by atoms with Gasteiger partial charge < -0.3 is 5.32 Å². The average molecular weight is 466 g/mol. The molecule has 0 aliphatic heterocycles. The average Bonchev–Trinajstić information content (AvgIpc) is 2.77. The van der Waals surface area contributed by atoms with Crippen LogP contribution in [0.25, 0.3) is 22.2 Å². The summed E-state index contributed by atoms with van der Waals surface area (Å²) in [6, 6.07) is 20.9. The minimum absolute atomic E-state index is 0.0242. The van der Waals surface area contributed by atoms with Crippen molar-refractivity contribution in [3.63, 3.8) is 0 Å². The van der Waals surface area contributed by atoms with Crippen molar-refractivity contribution >= 4 is 38.4 Å². The van der Waals surface area contributed by atoms with Crippen LogP contribution in [0.1, 0.15) is 21.5 Å². The molecule has 32 heavy (non-hydrogen) atoms. The summed E-state index contributed by atoms with van der Waals surface area (Å²) >= 11 is 6.02. The zero-order chi connectivity index (χ0) is 22.9. The molecule has 0 bridgehead atoms. The molecule has 162 valence electrons. The van der Waals surface area contributed by atoms with Crippen molar-refractivity contribution in [2.75, 3.05) is 0 Å². The van der Waals surface area contributed by atoms with Crippen molar-refractivity contribution in [3.05, 3.63) is 94.5 Å². The molecule has 1 aromatic heterocycles. The summed E-state index contributed by atoms with van der Waals surface area (Å²) in [6.45, 7) is 2.11. The fourth-order valence-electron chi connectivity index (χ4n) is 3.56. The first-order valence-electron chi connectivity index (χ1n) is 9.79. The molecule has 0 aliphatic rings. The molecule has 8 heteroatoms. The van der Waals surface area contributed by atoms with E-state index in [2.05, 4.69) is 5.32 Å². The molecule has 0 radical (unpaired) electrons. The Morgan fingerprint density at radius 3 is 2.31 bits per heavy atom. The van der Waals surface area contributed by atoms with Crippen molar-refractivity contribution in [2.45, 2.75) is 18.4 Å². The fourth-order valence-corrected chi connectivity index (χ4v) is 4.20. The van der Waals surface area contributed by atoms with E-state index >= 15 is 0 Å². The minimum atomic E-state index is -3.76. The summed E-state index contributed by atoms with van der Waals surface area (Å²) in [5, 5.41) is 9.44. The van der Waals surface area contributed by atoms with Gasteiger partial charge in [0.05, 0.1) is 21.7 Å². The predicted molar refractivity (Wildman–Crippen MR) is 126 cm³/mol. The molecule has 3 aromatic carbocycles. The van der Waals surface area contributed by atoms with E-state index in [0.29, 0.717) is 21.8 Å². The van der Waals surface area contributed by atoms with Crippen LogP contribution in [0.4, 0.5) is 0 Å². The van der Waals surface area contributed by atoms with Gasteiger partial charge in [0.15, 0.2) is 0 Å². The first-order chi connectivity index (χ1) is 15.2. The number of carbonyl (C=O) groups is 1. The third-order valence-electron chi connectivity index (χ3n) is 5.19. The van der Waals surface area contributed by atoms with Gasteiger partial charge in [0.25, 0.3) is 5.91 Å². The number of benzene rings is 3. The number of hydrogen-bond donors (Lipinski definition) is 2. The van der Waals surface area contributed by atoms with E-state index in [0.717, 1.165) is 22.1 Å². The van der Waals surface area contributed by atoms with Crippen molar-refractivity contribution in [1.29, 1.82) is 0 Å².